The first kappa shape index (κ1) is 16.7. The van der Waals surface area contributed by atoms with Crippen molar-refractivity contribution in [3.8, 4) is 0 Å². The lowest BCUT2D eigenvalue weighted by Crippen LogP contribution is -2.47. The van der Waals surface area contributed by atoms with Crippen molar-refractivity contribution < 1.29 is 18.7 Å². The molecule has 134 valence electrons. The zero-order valence-corrected chi connectivity index (χ0v) is 14.3. The van der Waals surface area contributed by atoms with Crippen molar-refractivity contribution >= 4 is 11.9 Å². The number of hydrogen-bond acceptors (Lipinski definition) is 4. The SMILES string of the molecule is C[C@H]1OC[C@]2(c3ccccc3F)N=C(NC(=O)c3ccccc3)OC[C@H]12. The fourth-order valence-electron chi connectivity index (χ4n) is 3.61. The molecule has 6 heteroatoms. The van der Waals surface area contributed by atoms with Crippen molar-refractivity contribution in [2.45, 2.75) is 18.6 Å². The van der Waals surface area contributed by atoms with Crippen LogP contribution in [0, 0.1) is 11.7 Å². The topological polar surface area (TPSA) is 59.9 Å². The second-order valence-corrected chi connectivity index (χ2v) is 6.57. The fraction of sp³-hybridized carbons (Fsp3) is 0.300. The molecule has 1 saturated heterocycles. The molecule has 0 aromatic heterocycles. The van der Waals surface area contributed by atoms with E-state index in [2.05, 4.69) is 10.3 Å². The summed E-state index contributed by atoms with van der Waals surface area (Å²) in [6, 6.07) is 15.4. The van der Waals surface area contributed by atoms with Gasteiger partial charge in [-0.3, -0.25) is 10.1 Å². The molecule has 1 amide bonds. The van der Waals surface area contributed by atoms with Crippen LogP contribution in [0.4, 0.5) is 4.39 Å². The molecular formula is C20H19FN2O3. The number of carbonyl (C=O) groups is 1. The summed E-state index contributed by atoms with van der Waals surface area (Å²) in [4.78, 5) is 17.0. The minimum Gasteiger partial charge on any atom is -0.464 e. The van der Waals surface area contributed by atoms with E-state index in [1.165, 1.54) is 6.07 Å². The van der Waals surface area contributed by atoms with E-state index < -0.39 is 5.54 Å². The van der Waals surface area contributed by atoms with E-state index in [4.69, 9.17) is 9.47 Å². The number of nitrogens with zero attached hydrogens (tertiary/aromatic N) is 1. The second kappa shape index (κ2) is 6.53. The lowest BCUT2D eigenvalue weighted by molar-refractivity contribution is 0.0830. The van der Waals surface area contributed by atoms with Crippen LogP contribution in [0.1, 0.15) is 22.8 Å². The predicted molar refractivity (Wildman–Crippen MR) is 94.3 cm³/mol. The van der Waals surface area contributed by atoms with Gasteiger partial charge in [0.1, 0.15) is 11.4 Å². The van der Waals surface area contributed by atoms with Crippen LogP contribution in [-0.4, -0.2) is 31.2 Å². The Hall–Kier alpha value is -2.73. The summed E-state index contributed by atoms with van der Waals surface area (Å²) in [5.74, 6) is -0.787. The number of benzene rings is 2. The van der Waals surface area contributed by atoms with Gasteiger partial charge in [-0.15, -0.1) is 0 Å². The quantitative estimate of drug-likeness (QED) is 0.902. The monoisotopic (exact) mass is 354 g/mol. The van der Waals surface area contributed by atoms with E-state index in [1.54, 1.807) is 42.5 Å². The Balaban J connectivity index is 1.70. The number of amides is 1. The molecule has 4 rings (SSSR count). The molecule has 0 aliphatic carbocycles. The zero-order valence-electron chi connectivity index (χ0n) is 14.3. The highest BCUT2D eigenvalue weighted by atomic mass is 19.1. The van der Waals surface area contributed by atoms with E-state index >= 15 is 0 Å². The van der Waals surface area contributed by atoms with Gasteiger partial charge in [0.15, 0.2) is 0 Å². The van der Waals surface area contributed by atoms with Gasteiger partial charge >= 0.3 is 0 Å². The molecule has 0 saturated carbocycles. The number of carbonyl (C=O) groups excluding carboxylic acids is 1. The standard InChI is InChI=1S/C20H19FN2O3/c1-13-16-11-25-19(22-18(24)14-7-3-2-4-8-14)23-20(16,12-26-13)15-9-5-6-10-17(15)21/h2-10,13,16H,11-12H2,1H3,(H,22,23,24)/t13-,16-,20-/m1/s1. The maximum Gasteiger partial charge on any atom is 0.292 e. The average molecular weight is 354 g/mol. The van der Waals surface area contributed by atoms with E-state index in [0.29, 0.717) is 17.7 Å². The van der Waals surface area contributed by atoms with Crippen LogP contribution < -0.4 is 5.32 Å². The minimum atomic E-state index is -0.900. The zero-order chi connectivity index (χ0) is 18.1. The van der Waals surface area contributed by atoms with Gasteiger partial charge in [-0.2, -0.15) is 0 Å². The van der Waals surface area contributed by atoms with Crippen LogP contribution in [0.5, 0.6) is 0 Å². The summed E-state index contributed by atoms with van der Waals surface area (Å²) in [5.41, 5.74) is 0.0588. The number of hydrogen-bond donors (Lipinski definition) is 1. The molecular weight excluding hydrogens is 335 g/mol. The van der Waals surface area contributed by atoms with E-state index in [9.17, 15) is 9.18 Å². The second-order valence-electron chi connectivity index (χ2n) is 6.57. The van der Waals surface area contributed by atoms with Gasteiger partial charge in [0.25, 0.3) is 11.9 Å². The predicted octanol–water partition coefficient (Wildman–Crippen LogP) is 2.87. The molecule has 2 heterocycles. The fourth-order valence-corrected chi connectivity index (χ4v) is 3.61. The molecule has 0 radical (unpaired) electrons. The van der Waals surface area contributed by atoms with Gasteiger partial charge in [0, 0.05) is 11.1 Å². The van der Waals surface area contributed by atoms with Crippen molar-refractivity contribution in [2.24, 2.45) is 10.9 Å². The highest BCUT2D eigenvalue weighted by Crippen LogP contribution is 2.45. The Morgan fingerprint density at radius 1 is 1.19 bits per heavy atom. The first-order valence-electron chi connectivity index (χ1n) is 8.56. The number of aliphatic imine (C=N–C) groups is 1. The third kappa shape index (κ3) is 2.76. The van der Waals surface area contributed by atoms with Gasteiger partial charge in [0.2, 0.25) is 0 Å². The molecule has 1 fully saturated rings. The van der Waals surface area contributed by atoms with Gasteiger partial charge < -0.3 is 9.47 Å². The van der Waals surface area contributed by atoms with Crippen molar-refractivity contribution in [2.75, 3.05) is 13.2 Å². The Bertz CT molecular complexity index is 855. The van der Waals surface area contributed by atoms with Gasteiger partial charge in [-0.1, -0.05) is 36.4 Å². The Labute approximate surface area is 150 Å². The van der Waals surface area contributed by atoms with Crippen LogP contribution in [0.3, 0.4) is 0 Å². The Morgan fingerprint density at radius 2 is 1.92 bits per heavy atom. The van der Waals surface area contributed by atoms with E-state index in [0.717, 1.165) is 0 Å². The van der Waals surface area contributed by atoms with Gasteiger partial charge in [0.05, 0.1) is 25.2 Å². The molecule has 26 heavy (non-hydrogen) atoms. The number of nitrogens with one attached hydrogen (secondary N) is 1. The van der Waals surface area contributed by atoms with Crippen LogP contribution in [0.15, 0.2) is 59.6 Å². The molecule has 2 aromatic carbocycles. The third-order valence-corrected chi connectivity index (χ3v) is 5.04. The van der Waals surface area contributed by atoms with Gasteiger partial charge in [-0.05, 0) is 25.1 Å². The smallest absolute Gasteiger partial charge is 0.292 e. The largest absolute Gasteiger partial charge is 0.464 e. The van der Waals surface area contributed by atoms with Crippen molar-refractivity contribution in [3.63, 3.8) is 0 Å². The van der Waals surface area contributed by atoms with Crippen LogP contribution in [0.25, 0.3) is 0 Å². The molecule has 2 aliphatic rings. The highest BCUT2D eigenvalue weighted by molar-refractivity contribution is 6.04. The summed E-state index contributed by atoms with van der Waals surface area (Å²) in [6.07, 6.45) is -0.121. The maximum atomic E-state index is 14.5. The number of rotatable bonds is 2. The van der Waals surface area contributed by atoms with Crippen LogP contribution >= 0.6 is 0 Å². The molecule has 3 atom stereocenters. The summed E-state index contributed by atoms with van der Waals surface area (Å²) in [6.45, 7) is 2.47. The Morgan fingerprint density at radius 3 is 2.69 bits per heavy atom. The van der Waals surface area contributed by atoms with Crippen molar-refractivity contribution in [3.05, 3.63) is 71.5 Å². The molecule has 1 N–H and O–H groups in total. The lowest BCUT2D eigenvalue weighted by Gasteiger charge is -2.36. The molecule has 0 spiro atoms. The molecule has 0 unspecified atom stereocenters. The summed E-state index contributed by atoms with van der Waals surface area (Å²) in [5, 5.41) is 2.69. The first-order valence-corrected chi connectivity index (χ1v) is 8.56. The normalized spacial score (nSPS) is 27.2. The summed E-state index contributed by atoms with van der Waals surface area (Å²) in [7, 11) is 0. The molecule has 2 aliphatic heterocycles. The van der Waals surface area contributed by atoms with E-state index in [-0.39, 0.29) is 36.4 Å². The van der Waals surface area contributed by atoms with Crippen molar-refractivity contribution in [1.82, 2.24) is 5.32 Å². The highest BCUT2D eigenvalue weighted by Gasteiger charge is 2.53. The van der Waals surface area contributed by atoms with Crippen LogP contribution in [0.2, 0.25) is 0 Å². The van der Waals surface area contributed by atoms with Crippen LogP contribution in [-0.2, 0) is 15.0 Å². The number of halogens is 1. The van der Waals surface area contributed by atoms with E-state index in [1.807, 2.05) is 13.0 Å². The molecule has 0 bridgehead atoms. The van der Waals surface area contributed by atoms with Gasteiger partial charge in [-0.25, -0.2) is 9.38 Å². The van der Waals surface area contributed by atoms with Crippen molar-refractivity contribution in [1.29, 1.82) is 0 Å². The number of ether oxygens (including phenoxy) is 2. The summed E-state index contributed by atoms with van der Waals surface area (Å²) >= 11 is 0. The maximum absolute atomic E-state index is 14.5. The number of amidine groups is 1. The average Bonchev–Trinajstić information content (AvgIpc) is 3.00. The lowest BCUT2D eigenvalue weighted by atomic mass is 9.78. The first-order chi connectivity index (χ1) is 12.6. The minimum absolute atomic E-state index is 0.0936. The third-order valence-electron chi connectivity index (χ3n) is 5.04. The number of fused-ring (bicyclic) bond motifs is 1. The Kier molecular flexibility index (Phi) is 4.20. The molecule has 5 nitrogen and oxygen atoms in total. The summed E-state index contributed by atoms with van der Waals surface area (Å²) < 4.78 is 26.0. The molecule has 2 aromatic rings.